The number of piperazine rings is 1. The lowest BCUT2D eigenvalue weighted by atomic mass is 10.2. The zero-order valence-electron chi connectivity index (χ0n) is 20.7. The van der Waals surface area contributed by atoms with Gasteiger partial charge in [-0.15, -0.1) is 0 Å². The van der Waals surface area contributed by atoms with Gasteiger partial charge in [0.25, 0.3) is 0 Å². The number of nitrogens with zero attached hydrogens (tertiary/aromatic N) is 4. The summed E-state index contributed by atoms with van der Waals surface area (Å²) in [6.07, 6.45) is 0. The fourth-order valence-corrected chi connectivity index (χ4v) is 3.73. The fraction of sp³-hybridized carbons (Fsp3) is 0.462. The summed E-state index contributed by atoms with van der Waals surface area (Å²) in [5.41, 5.74) is 3.22. The molecule has 3 rings (SSSR count). The van der Waals surface area contributed by atoms with Crippen LogP contribution >= 0.6 is 0 Å². The second-order valence-electron chi connectivity index (χ2n) is 8.84. The quantitative estimate of drug-likeness (QED) is 0.493. The number of esters is 2. The second-order valence-corrected chi connectivity index (χ2v) is 8.84. The van der Waals surface area contributed by atoms with E-state index in [0.29, 0.717) is 37.4 Å². The largest absolute Gasteiger partial charge is 0.461 e. The summed E-state index contributed by atoms with van der Waals surface area (Å²) < 4.78 is 10.9. The van der Waals surface area contributed by atoms with Crippen LogP contribution in [0.15, 0.2) is 48.5 Å². The van der Waals surface area contributed by atoms with Gasteiger partial charge in [-0.3, -0.25) is 9.80 Å². The van der Waals surface area contributed by atoms with Crippen molar-refractivity contribution < 1.29 is 19.1 Å². The Labute approximate surface area is 202 Å². The number of anilines is 2. The van der Waals surface area contributed by atoms with Crippen LogP contribution in [0.25, 0.3) is 0 Å². The number of ether oxygens (including phenoxy) is 2. The van der Waals surface area contributed by atoms with Gasteiger partial charge in [0.2, 0.25) is 0 Å². The van der Waals surface area contributed by atoms with Gasteiger partial charge in [-0.25, -0.2) is 9.59 Å². The average Bonchev–Trinajstić information content (AvgIpc) is 2.85. The molecular weight excluding hydrogens is 432 g/mol. The Hall–Kier alpha value is -3.10. The number of hydrogen-bond donors (Lipinski definition) is 0. The SMILES string of the molecule is CN(C)c1ccc(C(=O)OCCN2CCN(CCOC(=O)c3ccc(N(C)C)cc3)CC2)cc1. The van der Waals surface area contributed by atoms with Gasteiger partial charge in [0, 0.05) is 78.8 Å². The molecule has 0 atom stereocenters. The van der Waals surface area contributed by atoms with Gasteiger partial charge in [-0.05, 0) is 48.5 Å². The molecule has 8 heteroatoms. The van der Waals surface area contributed by atoms with Crippen LogP contribution in [0.3, 0.4) is 0 Å². The number of benzene rings is 2. The maximum Gasteiger partial charge on any atom is 0.338 e. The average molecular weight is 469 g/mol. The highest BCUT2D eigenvalue weighted by Crippen LogP contribution is 2.14. The zero-order valence-corrected chi connectivity index (χ0v) is 20.7. The molecule has 1 fully saturated rings. The van der Waals surface area contributed by atoms with Crippen LogP contribution < -0.4 is 9.80 Å². The van der Waals surface area contributed by atoms with Crippen molar-refractivity contribution >= 4 is 23.3 Å². The molecule has 2 aromatic carbocycles. The minimum Gasteiger partial charge on any atom is -0.461 e. The lowest BCUT2D eigenvalue weighted by Gasteiger charge is -2.34. The van der Waals surface area contributed by atoms with Crippen molar-refractivity contribution in [3.05, 3.63) is 59.7 Å². The predicted molar refractivity (Wildman–Crippen MR) is 135 cm³/mol. The molecule has 0 amide bonds. The normalized spacial score (nSPS) is 14.5. The third kappa shape index (κ3) is 7.46. The lowest BCUT2D eigenvalue weighted by molar-refractivity contribution is 0.0352. The molecule has 0 bridgehead atoms. The van der Waals surface area contributed by atoms with Gasteiger partial charge < -0.3 is 19.3 Å². The Balaban J connectivity index is 1.29. The highest BCUT2D eigenvalue weighted by Gasteiger charge is 2.18. The third-order valence-electron chi connectivity index (χ3n) is 5.99. The van der Waals surface area contributed by atoms with Gasteiger partial charge in [-0.2, -0.15) is 0 Å². The molecule has 0 spiro atoms. The van der Waals surface area contributed by atoms with Gasteiger partial charge in [0.1, 0.15) is 13.2 Å². The maximum atomic E-state index is 12.2. The van der Waals surface area contributed by atoms with Crippen molar-refractivity contribution in [1.82, 2.24) is 9.80 Å². The van der Waals surface area contributed by atoms with E-state index < -0.39 is 0 Å². The van der Waals surface area contributed by atoms with E-state index in [0.717, 1.165) is 37.6 Å². The molecule has 0 aromatic heterocycles. The Kier molecular flexibility index (Phi) is 9.30. The van der Waals surface area contributed by atoms with E-state index in [1.54, 1.807) is 24.3 Å². The summed E-state index contributed by atoms with van der Waals surface area (Å²) in [6, 6.07) is 14.8. The van der Waals surface area contributed by atoms with E-state index in [2.05, 4.69) is 9.80 Å². The third-order valence-corrected chi connectivity index (χ3v) is 5.99. The molecule has 0 N–H and O–H groups in total. The second kappa shape index (κ2) is 12.4. The molecule has 0 unspecified atom stereocenters. The molecule has 0 aliphatic carbocycles. The van der Waals surface area contributed by atoms with Crippen molar-refractivity contribution in [2.24, 2.45) is 0 Å². The van der Waals surface area contributed by atoms with Crippen LogP contribution in [0.2, 0.25) is 0 Å². The summed E-state index contributed by atoms with van der Waals surface area (Å²) in [6.45, 7) is 5.77. The van der Waals surface area contributed by atoms with Gasteiger partial charge in [0.15, 0.2) is 0 Å². The van der Waals surface area contributed by atoms with Crippen molar-refractivity contribution in [3.8, 4) is 0 Å². The Morgan fingerprint density at radius 1 is 0.647 bits per heavy atom. The Morgan fingerprint density at radius 2 is 0.971 bits per heavy atom. The van der Waals surface area contributed by atoms with Gasteiger partial charge >= 0.3 is 11.9 Å². The number of rotatable bonds is 10. The van der Waals surface area contributed by atoms with Crippen LogP contribution in [0.4, 0.5) is 11.4 Å². The minimum atomic E-state index is -0.290. The molecule has 0 radical (unpaired) electrons. The summed E-state index contributed by atoms with van der Waals surface area (Å²) in [7, 11) is 7.85. The Morgan fingerprint density at radius 3 is 1.26 bits per heavy atom. The smallest absolute Gasteiger partial charge is 0.338 e. The summed E-state index contributed by atoms with van der Waals surface area (Å²) in [5.74, 6) is -0.579. The van der Waals surface area contributed by atoms with Crippen LogP contribution in [-0.4, -0.2) is 102 Å². The van der Waals surface area contributed by atoms with E-state index >= 15 is 0 Å². The number of carbonyl (C=O) groups is 2. The maximum absolute atomic E-state index is 12.2. The van der Waals surface area contributed by atoms with E-state index in [4.69, 9.17) is 9.47 Å². The monoisotopic (exact) mass is 468 g/mol. The van der Waals surface area contributed by atoms with Crippen molar-refractivity contribution in [2.75, 3.05) is 90.5 Å². The van der Waals surface area contributed by atoms with Crippen LogP contribution in [0.1, 0.15) is 20.7 Å². The van der Waals surface area contributed by atoms with Crippen LogP contribution in [0.5, 0.6) is 0 Å². The van der Waals surface area contributed by atoms with Crippen LogP contribution in [0, 0.1) is 0 Å². The van der Waals surface area contributed by atoms with Gasteiger partial charge in [-0.1, -0.05) is 0 Å². The first-order valence-corrected chi connectivity index (χ1v) is 11.7. The standard InChI is InChI=1S/C26H36N4O4/c1-27(2)23-9-5-21(6-10-23)25(31)33-19-17-29-13-15-30(16-14-29)18-20-34-26(32)22-7-11-24(12-8-22)28(3)4/h5-12H,13-20H2,1-4H3. The van der Waals surface area contributed by atoms with E-state index in [9.17, 15) is 9.59 Å². The molecule has 1 saturated heterocycles. The van der Waals surface area contributed by atoms with E-state index in [-0.39, 0.29) is 11.9 Å². The number of carbonyl (C=O) groups excluding carboxylic acids is 2. The first-order chi connectivity index (χ1) is 16.3. The molecule has 184 valence electrons. The van der Waals surface area contributed by atoms with Crippen molar-refractivity contribution in [2.45, 2.75) is 0 Å². The highest BCUT2D eigenvalue weighted by atomic mass is 16.5. The molecule has 1 heterocycles. The Bertz CT molecular complexity index is 843. The molecular formula is C26H36N4O4. The summed E-state index contributed by atoms with van der Waals surface area (Å²) in [5, 5.41) is 0. The van der Waals surface area contributed by atoms with Crippen molar-refractivity contribution in [3.63, 3.8) is 0 Å². The predicted octanol–water partition coefficient (Wildman–Crippen LogP) is 2.45. The highest BCUT2D eigenvalue weighted by molar-refractivity contribution is 5.90. The minimum absolute atomic E-state index is 0.290. The summed E-state index contributed by atoms with van der Waals surface area (Å²) >= 11 is 0. The molecule has 34 heavy (non-hydrogen) atoms. The molecule has 1 aliphatic heterocycles. The van der Waals surface area contributed by atoms with Crippen molar-refractivity contribution in [1.29, 1.82) is 0 Å². The number of hydrogen-bond acceptors (Lipinski definition) is 8. The molecule has 1 aliphatic rings. The molecule has 0 saturated carbocycles. The summed E-state index contributed by atoms with van der Waals surface area (Å²) in [4.78, 5) is 33.0. The fourth-order valence-electron chi connectivity index (χ4n) is 3.73. The van der Waals surface area contributed by atoms with E-state index in [1.165, 1.54) is 0 Å². The zero-order chi connectivity index (χ0) is 24.5. The lowest BCUT2D eigenvalue weighted by Crippen LogP contribution is -2.48. The molecule has 8 nitrogen and oxygen atoms in total. The topological polar surface area (TPSA) is 65.6 Å². The first-order valence-electron chi connectivity index (χ1n) is 11.7. The van der Waals surface area contributed by atoms with Gasteiger partial charge in [0.05, 0.1) is 11.1 Å². The van der Waals surface area contributed by atoms with Crippen LogP contribution in [-0.2, 0) is 9.47 Å². The van der Waals surface area contributed by atoms with E-state index in [1.807, 2.05) is 62.3 Å². The first kappa shape index (κ1) is 25.5. The molecule has 2 aromatic rings.